The molecule has 0 saturated heterocycles. The molecule has 0 radical (unpaired) electrons. The zero-order valence-electron chi connectivity index (χ0n) is 9.28. The molecule has 0 fully saturated rings. The summed E-state index contributed by atoms with van der Waals surface area (Å²) in [6, 6.07) is 1.13. The van der Waals surface area contributed by atoms with Gasteiger partial charge in [0.15, 0.2) is 0 Å². The molecule has 84 valence electrons. The maximum atomic E-state index is 11.5. The number of hydrogen-bond acceptors (Lipinski definition) is 4. The van der Waals surface area contributed by atoms with Gasteiger partial charge in [-0.1, -0.05) is 0 Å². The van der Waals surface area contributed by atoms with Crippen molar-refractivity contribution in [1.29, 1.82) is 0 Å². The summed E-state index contributed by atoms with van der Waals surface area (Å²) in [4.78, 5) is 11.5. The number of esters is 1. The average Bonchev–Trinajstić information content (AvgIpc) is 2.53. The van der Waals surface area contributed by atoms with Gasteiger partial charge in [-0.15, -0.1) is 0 Å². The zero-order chi connectivity index (χ0) is 11.5. The predicted molar refractivity (Wildman–Crippen MR) is 56.1 cm³/mol. The molecule has 0 aliphatic rings. The molecule has 1 heterocycles. The molecule has 1 unspecified atom stereocenters. The molecule has 0 aliphatic carbocycles. The van der Waals surface area contributed by atoms with E-state index in [1.165, 1.54) is 0 Å². The summed E-state index contributed by atoms with van der Waals surface area (Å²) < 4.78 is 5.15. The number of aromatic nitrogens is 2. The van der Waals surface area contributed by atoms with Crippen molar-refractivity contribution in [1.82, 2.24) is 10.2 Å². The lowest BCUT2D eigenvalue weighted by molar-refractivity contribution is -0.156. The number of nitrogens with one attached hydrogen (secondary N) is 1. The first-order valence-corrected chi connectivity index (χ1v) is 4.85. The van der Waals surface area contributed by atoms with E-state index >= 15 is 0 Å². The molecule has 1 atom stereocenters. The number of carbonyl (C=O) groups is 1. The van der Waals surface area contributed by atoms with E-state index in [4.69, 9.17) is 10.5 Å². The van der Waals surface area contributed by atoms with Crippen LogP contribution in [0.25, 0.3) is 0 Å². The number of H-pyrrole nitrogens is 1. The predicted octanol–water partition coefficient (Wildman–Crippen LogP) is 0.621. The second kappa shape index (κ2) is 4.44. The van der Waals surface area contributed by atoms with Crippen molar-refractivity contribution in [2.75, 3.05) is 0 Å². The molecular formula is C10H17N3O2. The van der Waals surface area contributed by atoms with E-state index in [2.05, 4.69) is 10.2 Å². The van der Waals surface area contributed by atoms with Crippen LogP contribution in [0.1, 0.15) is 26.5 Å². The molecular weight excluding hydrogens is 194 g/mol. The van der Waals surface area contributed by atoms with E-state index in [9.17, 15) is 4.79 Å². The molecule has 15 heavy (non-hydrogen) atoms. The fourth-order valence-corrected chi connectivity index (χ4v) is 1.10. The minimum Gasteiger partial charge on any atom is -0.459 e. The van der Waals surface area contributed by atoms with E-state index in [1.54, 1.807) is 12.3 Å². The fraction of sp³-hybridized carbons (Fsp3) is 0.600. The second-order valence-corrected chi connectivity index (χ2v) is 4.43. The average molecular weight is 211 g/mol. The molecule has 3 N–H and O–H groups in total. The van der Waals surface area contributed by atoms with Gasteiger partial charge in [0, 0.05) is 18.3 Å². The van der Waals surface area contributed by atoms with Crippen molar-refractivity contribution in [2.45, 2.75) is 38.8 Å². The van der Waals surface area contributed by atoms with Gasteiger partial charge in [-0.25, -0.2) is 0 Å². The highest BCUT2D eigenvalue weighted by Crippen LogP contribution is 2.09. The highest BCUT2D eigenvalue weighted by Gasteiger charge is 2.22. The number of nitrogens with zero attached hydrogens (tertiary/aromatic N) is 1. The minimum atomic E-state index is -0.648. The lowest BCUT2D eigenvalue weighted by Crippen LogP contribution is -2.38. The maximum Gasteiger partial charge on any atom is 0.323 e. The highest BCUT2D eigenvalue weighted by atomic mass is 16.6. The van der Waals surface area contributed by atoms with Crippen molar-refractivity contribution in [3.05, 3.63) is 18.0 Å². The van der Waals surface area contributed by atoms with Crippen molar-refractivity contribution < 1.29 is 9.53 Å². The lowest BCUT2D eigenvalue weighted by Gasteiger charge is -2.21. The molecule has 0 saturated carbocycles. The largest absolute Gasteiger partial charge is 0.459 e. The zero-order valence-corrected chi connectivity index (χ0v) is 9.28. The quantitative estimate of drug-likeness (QED) is 0.718. The van der Waals surface area contributed by atoms with Crippen LogP contribution in [0.15, 0.2) is 12.3 Å². The molecule has 0 bridgehead atoms. The lowest BCUT2D eigenvalue weighted by atomic mass is 10.1. The third kappa shape index (κ3) is 4.12. The number of ether oxygens (including phenoxy) is 1. The molecule has 0 spiro atoms. The van der Waals surface area contributed by atoms with Crippen LogP contribution in [-0.4, -0.2) is 27.8 Å². The third-order valence-corrected chi connectivity index (χ3v) is 1.71. The van der Waals surface area contributed by atoms with E-state index in [-0.39, 0.29) is 0 Å². The standard InChI is InChI=1S/C10H17N3O2/c1-10(2,3)15-9(14)8(11)6-7-4-5-12-13-7/h4-5,8H,6,11H2,1-3H3,(H,12,13). The Balaban J connectivity index is 2.47. The summed E-state index contributed by atoms with van der Waals surface area (Å²) in [5, 5.41) is 6.52. The molecule has 1 aromatic rings. The number of rotatable bonds is 3. The third-order valence-electron chi connectivity index (χ3n) is 1.71. The molecule has 0 aromatic carbocycles. The smallest absolute Gasteiger partial charge is 0.323 e. The molecule has 0 aliphatic heterocycles. The first-order chi connectivity index (χ1) is 6.88. The summed E-state index contributed by atoms with van der Waals surface area (Å²) in [6.45, 7) is 5.44. The van der Waals surface area contributed by atoms with Crippen molar-refractivity contribution >= 4 is 5.97 Å². The number of nitrogens with two attached hydrogens (primary N) is 1. The van der Waals surface area contributed by atoms with Gasteiger partial charge in [-0.2, -0.15) is 5.10 Å². The van der Waals surface area contributed by atoms with Gasteiger partial charge in [-0.05, 0) is 26.8 Å². The fourth-order valence-electron chi connectivity index (χ4n) is 1.10. The van der Waals surface area contributed by atoms with Crippen LogP contribution < -0.4 is 5.73 Å². The Labute approximate surface area is 89.0 Å². The summed E-state index contributed by atoms with van der Waals surface area (Å²) in [5.74, 6) is -0.392. The Morgan fingerprint density at radius 1 is 1.67 bits per heavy atom. The summed E-state index contributed by atoms with van der Waals surface area (Å²) in [5.41, 5.74) is 6.02. The van der Waals surface area contributed by atoms with Gasteiger partial charge in [0.2, 0.25) is 0 Å². The van der Waals surface area contributed by atoms with Crippen molar-refractivity contribution in [2.24, 2.45) is 5.73 Å². The molecule has 5 nitrogen and oxygen atoms in total. The summed E-state index contributed by atoms with van der Waals surface area (Å²) in [6.07, 6.45) is 2.03. The maximum absolute atomic E-state index is 11.5. The van der Waals surface area contributed by atoms with Crippen molar-refractivity contribution in [3.8, 4) is 0 Å². The molecule has 0 amide bonds. The Hall–Kier alpha value is -1.36. The van der Waals surface area contributed by atoms with Crippen LogP contribution in [0.5, 0.6) is 0 Å². The minimum absolute atomic E-state index is 0.392. The Bertz CT molecular complexity index is 314. The number of aromatic amines is 1. The molecule has 5 heteroatoms. The summed E-state index contributed by atoms with van der Waals surface area (Å²) >= 11 is 0. The molecule has 1 rings (SSSR count). The second-order valence-electron chi connectivity index (χ2n) is 4.43. The number of hydrogen-bond donors (Lipinski definition) is 2. The van der Waals surface area contributed by atoms with Crippen LogP contribution >= 0.6 is 0 Å². The van der Waals surface area contributed by atoms with Crippen LogP contribution in [0.3, 0.4) is 0 Å². The Morgan fingerprint density at radius 3 is 2.80 bits per heavy atom. The van der Waals surface area contributed by atoms with Gasteiger partial charge in [0.05, 0.1) is 0 Å². The normalized spacial score (nSPS) is 13.6. The Morgan fingerprint density at radius 2 is 2.33 bits per heavy atom. The first kappa shape index (κ1) is 11.7. The van der Waals surface area contributed by atoms with Gasteiger partial charge in [0.1, 0.15) is 11.6 Å². The Kier molecular flexibility index (Phi) is 3.47. The van der Waals surface area contributed by atoms with Gasteiger partial charge in [-0.3, -0.25) is 9.89 Å². The topological polar surface area (TPSA) is 81.0 Å². The highest BCUT2D eigenvalue weighted by molar-refractivity contribution is 5.76. The van der Waals surface area contributed by atoms with E-state index in [1.807, 2.05) is 20.8 Å². The van der Waals surface area contributed by atoms with Crippen LogP contribution in [0, 0.1) is 0 Å². The van der Waals surface area contributed by atoms with E-state index in [0.717, 1.165) is 5.69 Å². The number of carbonyl (C=O) groups excluding carboxylic acids is 1. The SMILES string of the molecule is CC(C)(C)OC(=O)C(N)Cc1ccn[nH]1. The van der Waals surface area contributed by atoms with Gasteiger partial charge < -0.3 is 10.5 Å². The van der Waals surface area contributed by atoms with Crippen LogP contribution in [0.2, 0.25) is 0 Å². The summed E-state index contributed by atoms with van der Waals surface area (Å²) in [7, 11) is 0. The molecule has 1 aromatic heterocycles. The van der Waals surface area contributed by atoms with Gasteiger partial charge >= 0.3 is 5.97 Å². The van der Waals surface area contributed by atoms with Gasteiger partial charge in [0.25, 0.3) is 0 Å². The van der Waals surface area contributed by atoms with E-state index in [0.29, 0.717) is 6.42 Å². The van der Waals surface area contributed by atoms with Crippen LogP contribution in [-0.2, 0) is 16.0 Å². The van der Waals surface area contributed by atoms with E-state index < -0.39 is 17.6 Å². The monoisotopic (exact) mass is 211 g/mol. The van der Waals surface area contributed by atoms with Crippen LogP contribution in [0.4, 0.5) is 0 Å². The van der Waals surface area contributed by atoms with Crippen molar-refractivity contribution in [3.63, 3.8) is 0 Å². The first-order valence-electron chi connectivity index (χ1n) is 4.85.